The number of hydrogen-bond donors (Lipinski definition) is 0. The van der Waals surface area contributed by atoms with Gasteiger partial charge in [-0.1, -0.05) is 12.1 Å². The molecule has 0 unspecified atom stereocenters. The summed E-state index contributed by atoms with van der Waals surface area (Å²) in [5.41, 5.74) is 5.01. The number of halogens is 3. The normalized spacial score (nSPS) is 15.5. The fourth-order valence-corrected chi connectivity index (χ4v) is 4.54. The van der Waals surface area contributed by atoms with Crippen LogP contribution in [0, 0.1) is 17.5 Å². The molecule has 0 saturated carbocycles. The molecule has 0 N–H and O–H groups in total. The number of aryl methyl sites for hydroxylation is 1. The van der Waals surface area contributed by atoms with Gasteiger partial charge in [-0.05, 0) is 42.2 Å². The molecule has 2 aliphatic heterocycles. The summed E-state index contributed by atoms with van der Waals surface area (Å²) in [5.74, 6) is -4.03. The molecule has 5 rings (SSSR count). The van der Waals surface area contributed by atoms with Gasteiger partial charge in [0.2, 0.25) is 0 Å². The highest BCUT2D eigenvalue weighted by atomic mass is 19.2. The Balaban J connectivity index is 1.46. The molecule has 3 heterocycles. The first-order valence-electron chi connectivity index (χ1n) is 10.1. The van der Waals surface area contributed by atoms with Crippen molar-refractivity contribution in [1.82, 2.24) is 14.7 Å². The Bertz CT molecular complexity index is 1180. The second-order valence-corrected chi connectivity index (χ2v) is 7.87. The summed E-state index contributed by atoms with van der Waals surface area (Å²) < 4.78 is 48.0. The van der Waals surface area contributed by atoms with E-state index in [0.29, 0.717) is 56.1 Å². The predicted octanol–water partition coefficient (Wildman–Crippen LogP) is 3.78. The number of fused-ring (bicyclic) bond motifs is 2. The Labute approximate surface area is 177 Å². The Morgan fingerprint density at radius 1 is 1.10 bits per heavy atom. The van der Waals surface area contributed by atoms with Gasteiger partial charge in [-0.2, -0.15) is 5.10 Å². The lowest BCUT2D eigenvalue weighted by atomic mass is 9.95. The van der Waals surface area contributed by atoms with E-state index in [9.17, 15) is 18.0 Å². The third kappa shape index (κ3) is 3.31. The van der Waals surface area contributed by atoms with Gasteiger partial charge in [-0.25, -0.2) is 13.2 Å². The van der Waals surface area contributed by atoms with Crippen molar-refractivity contribution < 1.29 is 22.7 Å². The zero-order valence-corrected chi connectivity index (χ0v) is 16.9. The summed E-state index contributed by atoms with van der Waals surface area (Å²) in [4.78, 5) is 15.0. The maximum Gasteiger partial charge on any atom is 0.254 e. The van der Waals surface area contributed by atoms with E-state index in [1.54, 1.807) is 11.9 Å². The van der Waals surface area contributed by atoms with E-state index in [1.807, 2.05) is 18.2 Å². The van der Waals surface area contributed by atoms with E-state index in [0.717, 1.165) is 28.8 Å². The minimum atomic E-state index is -1.49. The van der Waals surface area contributed by atoms with Crippen molar-refractivity contribution in [3.63, 3.8) is 0 Å². The first kappa shape index (κ1) is 19.8. The fourth-order valence-electron chi connectivity index (χ4n) is 4.54. The second-order valence-electron chi connectivity index (χ2n) is 7.87. The zero-order chi connectivity index (χ0) is 21.7. The maximum absolute atomic E-state index is 13.8. The van der Waals surface area contributed by atoms with Crippen molar-refractivity contribution in [1.29, 1.82) is 0 Å². The Morgan fingerprint density at radius 3 is 2.65 bits per heavy atom. The molecule has 1 amide bonds. The molecule has 2 aromatic carbocycles. The lowest BCUT2D eigenvalue weighted by Crippen LogP contribution is -2.36. The van der Waals surface area contributed by atoms with Crippen molar-refractivity contribution in [2.24, 2.45) is 7.05 Å². The molecule has 0 radical (unpaired) electrons. The molecule has 0 aliphatic carbocycles. The summed E-state index contributed by atoms with van der Waals surface area (Å²) in [7, 11) is 1.67. The molecule has 8 heteroatoms. The molecule has 5 nitrogen and oxygen atoms in total. The number of carbonyl (C=O) groups excluding carboxylic acids is 1. The number of aromatic nitrogens is 2. The summed E-state index contributed by atoms with van der Waals surface area (Å²) in [6.07, 6.45) is 1.19. The summed E-state index contributed by atoms with van der Waals surface area (Å²) in [6, 6.07) is 7.64. The van der Waals surface area contributed by atoms with Crippen LogP contribution in [0.4, 0.5) is 13.2 Å². The smallest absolute Gasteiger partial charge is 0.254 e. The summed E-state index contributed by atoms with van der Waals surface area (Å²) in [5, 5.41) is 4.49. The van der Waals surface area contributed by atoms with Crippen LogP contribution >= 0.6 is 0 Å². The van der Waals surface area contributed by atoms with Gasteiger partial charge in [0.1, 0.15) is 0 Å². The average molecular weight is 427 g/mol. The number of benzene rings is 2. The number of ether oxygens (including phenoxy) is 1. The zero-order valence-electron chi connectivity index (χ0n) is 16.9. The third-order valence-corrected chi connectivity index (χ3v) is 6.00. The van der Waals surface area contributed by atoms with Crippen LogP contribution in [-0.4, -0.2) is 33.7 Å². The molecule has 0 spiro atoms. The Kier molecular flexibility index (Phi) is 4.81. The molecule has 31 heavy (non-hydrogen) atoms. The van der Waals surface area contributed by atoms with Gasteiger partial charge in [-0.3, -0.25) is 9.48 Å². The van der Waals surface area contributed by atoms with Gasteiger partial charge in [0.05, 0.1) is 31.1 Å². The van der Waals surface area contributed by atoms with Crippen molar-refractivity contribution >= 4 is 5.91 Å². The number of nitrogens with zero attached hydrogens (tertiary/aromatic N) is 3. The largest absolute Gasteiger partial charge is 0.376 e. The van der Waals surface area contributed by atoms with Crippen molar-refractivity contribution in [2.45, 2.75) is 26.0 Å². The van der Waals surface area contributed by atoms with Crippen LogP contribution in [0.5, 0.6) is 0 Å². The van der Waals surface area contributed by atoms with Crippen LogP contribution in [-0.2, 0) is 37.8 Å². The quantitative estimate of drug-likeness (QED) is 0.585. The molecule has 0 saturated heterocycles. The number of rotatable bonds is 2. The summed E-state index contributed by atoms with van der Waals surface area (Å²) >= 11 is 0. The van der Waals surface area contributed by atoms with Gasteiger partial charge < -0.3 is 9.64 Å². The monoisotopic (exact) mass is 427 g/mol. The Morgan fingerprint density at radius 2 is 1.87 bits per heavy atom. The topological polar surface area (TPSA) is 47.4 Å². The molecule has 0 fully saturated rings. The van der Waals surface area contributed by atoms with E-state index in [1.165, 1.54) is 4.68 Å². The van der Waals surface area contributed by atoms with E-state index in [-0.39, 0.29) is 11.5 Å². The average Bonchev–Trinajstić information content (AvgIpc) is 3.11. The highest BCUT2D eigenvalue weighted by Gasteiger charge is 2.30. The molecule has 1 aromatic heterocycles. The minimum absolute atomic E-state index is 0.0597. The number of carbonyl (C=O) groups is 1. The minimum Gasteiger partial charge on any atom is -0.376 e. The van der Waals surface area contributed by atoms with Gasteiger partial charge in [-0.15, -0.1) is 0 Å². The summed E-state index contributed by atoms with van der Waals surface area (Å²) in [6.45, 7) is 1.86. The van der Waals surface area contributed by atoms with Gasteiger partial charge in [0.15, 0.2) is 17.5 Å². The van der Waals surface area contributed by atoms with Crippen LogP contribution in [0.25, 0.3) is 11.3 Å². The van der Waals surface area contributed by atoms with E-state index in [4.69, 9.17) is 4.74 Å². The van der Waals surface area contributed by atoms with E-state index >= 15 is 0 Å². The van der Waals surface area contributed by atoms with Gasteiger partial charge >= 0.3 is 0 Å². The molecule has 0 bridgehead atoms. The fraction of sp³-hybridized carbons (Fsp3) is 0.304. The molecule has 3 aromatic rings. The van der Waals surface area contributed by atoms with Crippen LogP contribution in [0.2, 0.25) is 0 Å². The standard InChI is InChI=1S/C23H20F3N3O2/c1-28-22(14-9-18(24)21(26)19(25)10-14)17-5-7-29(11-20(17)27-28)23(30)16-4-2-3-13-12-31-8-6-15(13)16/h2-4,9-10H,5-8,11-12H2,1H3. The molecular formula is C23H20F3N3O2. The van der Waals surface area contributed by atoms with Crippen molar-refractivity contribution in [3.8, 4) is 11.3 Å². The van der Waals surface area contributed by atoms with Gasteiger partial charge in [0.25, 0.3) is 5.91 Å². The van der Waals surface area contributed by atoms with E-state index in [2.05, 4.69) is 5.10 Å². The number of hydrogen-bond acceptors (Lipinski definition) is 3. The maximum atomic E-state index is 13.8. The first-order valence-corrected chi connectivity index (χ1v) is 10.1. The molecule has 160 valence electrons. The van der Waals surface area contributed by atoms with Crippen molar-refractivity contribution in [3.05, 3.63) is 75.7 Å². The lowest BCUT2D eigenvalue weighted by Gasteiger charge is -2.28. The highest BCUT2D eigenvalue weighted by molar-refractivity contribution is 5.96. The van der Waals surface area contributed by atoms with E-state index < -0.39 is 17.5 Å². The molecule has 0 atom stereocenters. The molecular weight excluding hydrogens is 407 g/mol. The van der Waals surface area contributed by atoms with Crippen LogP contribution in [0.3, 0.4) is 0 Å². The number of amides is 1. The first-order chi connectivity index (χ1) is 14.9. The second kappa shape index (κ2) is 7.53. The predicted molar refractivity (Wildman–Crippen MR) is 107 cm³/mol. The third-order valence-electron chi connectivity index (χ3n) is 6.00. The lowest BCUT2D eigenvalue weighted by molar-refractivity contribution is 0.0725. The van der Waals surface area contributed by atoms with Crippen LogP contribution in [0.1, 0.15) is 32.7 Å². The van der Waals surface area contributed by atoms with Gasteiger partial charge in [0, 0.05) is 30.3 Å². The molecule has 2 aliphatic rings. The highest BCUT2D eigenvalue weighted by Crippen LogP contribution is 2.32. The Hall–Kier alpha value is -3.13. The van der Waals surface area contributed by atoms with Crippen LogP contribution < -0.4 is 0 Å². The SMILES string of the molecule is Cn1nc2c(c1-c1cc(F)c(F)c(F)c1)CCN(C(=O)c1cccc3c1CCOC3)C2. The van der Waals surface area contributed by atoms with Crippen LogP contribution in [0.15, 0.2) is 30.3 Å². The van der Waals surface area contributed by atoms with Crippen molar-refractivity contribution in [2.75, 3.05) is 13.2 Å².